The highest BCUT2D eigenvalue weighted by atomic mass is 16.6. The molecule has 2 N–H and O–H groups in total. The molecule has 0 aromatic rings. The number of carbonyl (C=O) groups excluding carboxylic acids is 3. The molecule has 1 fully saturated rings. The zero-order valence-corrected chi connectivity index (χ0v) is 24.7. The molecule has 2 aliphatic rings. The molecule has 40 heavy (non-hydrogen) atoms. The van der Waals surface area contributed by atoms with Crippen LogP contribution >= 0.6 is 0 Å². The Bertz CT molecular complexity index is 941. The second-order valence-corrected chi connectivity index (χ2v) is 11.2. The highest BCUT2D eigenvalue weighted by Crippen LogP contribution is 2.27. The lowest BCUT2D eigenvalue weighted by Gasteiger charge is -2.32. The third kappa shape index (κ3) is 10.7. The Hall–Kier alpha value is -2.69. The molecule has 0 radical (unpaired) electrons. The van der Waals surface area contributed by atoms with Gasteiger partial charge < -0.3 is 34.1 Å². The highest BCUT2D eigenvalue weighted by molar-refractivity contribution is 5.70. The molecule has 2 rings (SSSR count). The maximum Gasteiger partial charge on any atom is 0.410 e. The van der Waals surface area contributed by atoms with Gasteiger partial charge in [-0.05, 0) is 51.2 Å². The normalized spacial score (nSPS) is 32.1. The first kappa shape index (κ1) is 33.5. The van der Waals surface area contributed by atoms with Gasteiger partial charge in [-0.3, -0.25) is 9.59 Å². The molecule has 0 bridgehead atoms. The first-order valence-corrected chi connectivity index (χ1v) is 14.1. The first-order valence-electron chi connectivity index (χ1n) is 14.1. The fourth-order valence-electron chi connectivity index (χ4n) is 4.90. The van der Waals surface area contributed by atoms with E-state index >= 15 is 0 Å². The van der Waals surface area contributed by atoms with E-state index in [-0.39, 0.29) is 49.8 Å². The van der Waals surface area contributed by atoms with Gasteiger partial charge in [0.2, 0.25) is 0 Å². The predicted octanol–water partition coefficient (Wildman–Crippen LogP) is 3.70. The SMILES string of the molecule is COC[C@H]1CCCN1C(=O)OC[C@@H](C)/C=C/C=C(\C)[C@H]1OC(=O)C[C@@H](O)CC[C@](C)(O)[C@@H](OC(C)=O)/C=C/[C@@H]1C. The van der Waals surface area contributed by atoms with E-state index in [0.29, 0.717) is 13.2 Å². The first-order chi connectivity index (χ1) is 18.8. The Morgan fingerprint density at radius 2 is 2.00 bits per heavy atom. The van der Waals surface area contributed by atoms with Gasteiger partial charge in [-0.1, -0.05) is 38.2 Å². The number of hydrogen-bond donors (Lipinski definition) is 2. The van der Waals surface area contributed by atoms with Gasteiger partial charge in [-0.15, -0.1) is 0 Å². The summed E-state index contributed by atoms with van der Waals surface area (Å²) < 4.78 is 21.8. The van der Waals surface area contributed by atoms with Gasteiger partial charge in [-0.25, -0.2) is 4.79 Å². The molecular weight excluding hydrogens is 518 g/mol. The molecule has 0 saturated carbocycles. The predicted molar refractivity (Wildman–Crippen MR) is 149 cm³/mol. The number of amides is 1. The molecule has 7 atom stereocenters. The average Bonchev–Trinajstić information content (AvgIpc) is 3.34. The summed E-state index contributed by atoms with van der Waals surface area (Å²) in [7, 11) is 1.62. The summed E-state index contributed by atoms with van der Waals surface area (Å²) in [6.45, 7) is 9.84. The quantitative estimate of drug-likeness (QED) is 0.196. The average molecular weight is 566 g/mol. The second kappa shape index (κ2) is 15.9. The summed E-state index contributed by atoms with van der Waals surface area (Å²) in [5.74, 6) is -1.44. The number of aliphatic hydroxyl groups is 2. The molecule has 1 saturated heterocycles. The van der Waals surface area contributed by atoms with Crippen LogP contribution in [0, 0.1) is 11.8 Å². The van der Waals surface area contributed by atoms with Crippen LogP contribution in [0.2, 0.25) is 0 Å². The third-order valence-corrected chi connectivity index (χ3v) is 7.31. The topological polar surface area (TPSA) is 132 Å². The molecule has 0 aromatic heterocycles. The number of rotatable bonds is 8. The smallest absolute Gasteiger partial charge is 0.410 e. The number of allylic oxidation sites excluding steroid dienone is 2. The van der Waals surface area contributed by atoms with Crippen LogP contribution in [0.5, 0.6) is 0 Å². The number of hydrogen-bond acceptors (Lipinski definition) is 9. The van der Waals surface area contributed by atoms with E-state index in [4.69, 9.17) is 18.9 Å². The van der Waals surface area contributed by atoms with Crippen molar-refractivity contribution in [2.24, 2.45) is 11.8 Å². The molecule has 2 aliphatic heterocycles. The Morgan fingerprint density at radius 3 is 2.67 bits per heavy atom. The van der Waals surface area contributed by atoms with Crippen molar-refractivity contribution in [3.05, 3.63) is 36.0 Å². The molecule has 1 amide bonds. The van der Waals surface area contributed by atoms with Crippen molar-refractivity contribution in [3.8, 4) is 0 Å². The maximum absolute atomic E-state index is 12.6. The Labute approximate surface area is 238 Å². The number of nitrogens with zero attached hydrogens (tertiary/aromatic N) is 1. The van der Waals surface area contributed by atoms with Crippen LogP contribution in [0.15, 0.2) is 36.0 Å². The highest BCUT2D eigenvalue weighted by Gasteiger charge is 2.35. The molecular formula is C30H47NO9. The Balaban J connectivity index is 2.09. The minimum atomic E-state index is -1.42. The number of cyclic esters (lactones) is 1. The van der Waals surface area contributed by atoms with E-state index in [2.05, 4.69) is 0 Å². The standard InChI is InChI=1S/C30H47NO9/c1-20(18-38-29(35)31-16-8-11-24(31)19-37-6)9-7-10-21(2)28-22(3)12-13-26(39-23(4)32)30(5,36)15-14-25(33)17-27(34)40-28/h7,9-10,12-13,20,22,24-26,28,33,36H,8,11,14-19H2,1-6H3/b9-7+,13-12+,21-10+/t20-,22-,24+,25-,26-,28+,30-/m0/s1. The summed E-state index contributed by atoms with van der Waals surface area (Å²) in [6, 6.07) is 0.0511. The number of likely N-dealkylation sites (tertiary alicyclic amines) is 1. The summed E-state index contributed by atoms with van der Waals surface area (Å²) in [6.07, 6.45) is 7.92. The molecule has 10 nitrogen and oxygen atoms in total. The largest absolute Gasteiger partial charge is 0.457 e. The minimum Gasteiger partial charge on any atom is -0.457 e. The van der Waals surface area contributed by atoms with Crippen molar-refractivity contribution in [1.29, 1.82) is 0 Å². The van der Waals surface area contributed by atoms with Crippen molar-refractivity contribution in [2.45, 2.75) is 96.7 Å². The van der Waals surface area contributed by atoms with Crippen LogP contribution in [-0.2, 0) is 28.5 Å². The van der Waals surface area contributed by atoms with Crippen molar-refractivity contribution in [1.82, 2.24) is 4.90 Å². The zero-order valence-electron chi connectivity index (χ0n) is 24.7. The lowest BCUT2D eigenvalue weighted by atomic mass is 9.88. The van der Waals surface area contributed by atoms with E-state index in [1.807, 2.05) is 39.0 Å². The second-order valence-electron chi connectivity index (χ2n) is 11.2. The number of methoxy groups -OCH3 is 1. The van der Waals surface area contributed by atoms with E-state index in [1.54, 1.807) is 31.1 Å². The van der Waals surface area contributed by atoms with Crippen molar-refractivity contribution in [2.75, 3.05) is 26.9 Å². The van der Waals surface area contributed by atoms with Crippen LogP contribution in [0.25, 0.3) is 0 Å². The molecule has 0 aliphatic carbocycles. The van der Waals surface area contributed by atoms with Gasteiger partial charge in [0.1, 0.15) is 17.8 Å². The van der Waals surface area contributed by atoms with Gasteiger partial charge in [-0.2, -0.15) is 0 Å². The van der Waals surface area contributed by atoms with Crippen molar-refractivity contribution < 1.29 is 43.5 Å². The summed E-state index contributed by atoms with van der Waals surface area (Å²) >= 11 is 0. The van der Waals surface area contributed by atoms with E-state index in [0.717, 1.165) is 18.4 Å². The molecule has 226 valence electrons. The molecule has 0 aromatic carbocycles. The summed E-state index contributed by atoms with van der Waals surface area (Å²) in [5.41, 5.74) is -0.665. The molecule has 2 heterocycles. The van der Waals surface area contributed by atoms with Crippen LogP contribution < -0.4 is 0 Å². The fourth-order valence-corrected chi connectivity index (χ4v) is 4.90. The van der Waals surface area contributed by atoms with Crippen LogP contribution in [0.1, 0.15) is 66.7 Å². The number of ether oxygens (including phenoxy) is 4. The van der Waals surface area contributed by atoms with Gasteiger partial charge in [0.05, 0.1) is 31.8 Å². The van der Waals surface area contributed by atoms with E-state index in [1.165, 1.54) is 6.92 Å². The van der Waals surface area contributed by atoms with Crippen LogP contribution in [0.4, 0.5) is 4.79 Å². The maximum atomic E-state index is 12.6. The lowest BCUT2D eigenvalue weighted by molar-refractivity contribution is -0.157. The van der Waals surface area contributed by atoms with Gasteiger partial charge in [0.15, 0.2) is 0 Å². The molecule has 0 unspecified atom stereocenters. The fraction of sp³-hybridized carbons (Fsp3) is 0.700. The number of carbonyl (C=O) groups is 3. The number of aliphatic hydroxyl groups excluding tert-OH is 1. The zero-order chi connectivity index (χ0) is 29.9. The molecule has 0 spiro atoms. The third-order valence-electron chi connectivity index (χ3n) is 7.31. The summed E-state index contributed by atoms with van der Waals surface area (Å²) in [5, 5.41) is 21.3. The Kier molecular flexibility index (Phi) is 13.3. The summed E-state index contributed by atoms with van der Waals surface area (Å²) in [4.78, 5) is 38.5. The minimum absolute atomic E-state index is 0.0467. The van der Waals surface area contributed by atoms with Crippen LogP contribution in [-0.4, -0.2) is 90.0 Å². The van der Waals surface area contributed by atoms with Gasteiger partial charge >= 0.3 is 18.0 Å². The van der Waals surface area contributed by atoms with E-state index < -0.39 is 35.9 Å². The van der Waals surface area contributed by atoms with Crippen molar-refractivity contribution >= 4 is 18.0 Å². The monoisotopic (exact) mass is 565 g/mol. The van der Waals surface area contributed by atoms with Crippen molar-refractivity contribution in [3.63, 3.8) is 0 Å². The van der Waals surface area contributed by atoms with Gasteiger partial charge in [0.25, 0.3) is 0 Å². The molecule has 10 heteroatoms. The lowest BCUT2D eigenvalue weighted by Crippen LogP contribution is -2.42. The van der Waals surface area contributed by atoms with E-state index in [9.17, 15) is 24.6 Å². The Morgan fingerprint density at radius 1 is 1.27 bits per heavy atom. The number of esters is 2. The van der Waals surface area contributed by atoms with Crippen LogP contribution in [0.3, 0.4) is 0 Å². The van der Waals surface area contributed by atoms with Gasteiger partial charge in [0, 0.05) is 32.4 Å².